The molecule has 2 aromatic rings. The Balaban J connectivity index is 1.79. The van der Waals surface area contributed by atoms with Crippen molar-refractivity contribution in [1.82, 2.24) is 0 Å². The third kappa shape index (κ3) is 14.0. The Morgan fingerprint density at radius 3 is 1.95 bits per heavy atom. The first-order valence-electron chi connectivity index (χ1n) is 15.7. The maximum Gasteiger partial charge on any atom is 0.317 e. The van der Waals surface area contributed by atoms with Gasteiger partial charge in [-0.1, -0.05) is 115 Å². The van der Waals surface area contributed by atoms with Crippen LogP contribution < -0.4 is 4.74 Å². The van der Waals surface area contributed by atoms with E-state index in [1.54, 1.807) is 0 Å². The molecule has 0 aromatic heterocycles. The Morgan fingerprint density at radius 1 is 0.744 bits per heavy atom. The summed E-state index contributed by atoms with van der Waals surface area (Å²) in [6.07, 6.45) is 15.0. The Hall–Kier alpha value is -2.33. The molecule has 4 heteroatoms. The molecule has 0 aliphatic heterocycles. The Kier molecular flexibility index (Phi) is 15.9. The maximum absolute atomic E-state index is 13.2. The minimum absolute atomic E-state index is 0.155. The third-order valence-corrected chi connectivity index (χ3v) is 7.53. The predicted octanol–water partition coefficient (Wildman–Crippen LogP) is 9.11. The molecule has 4 nitrogen and oxygen atoms in total. The molecular formula is C35H56NO3+. The van der Waals surface area contributed by atoms with Crippen LogP contribution in [0.15, 0.2) is 54.6 Å². The van der Waals surface area contributed by atoms with Gasteiger partial charge < -0.3 is 14.0 Å². The van der Waals surface area contributed by atoms with Crippen LogP contribution in [0, 0.1) is 5.92 Å². The summed E-state index contributed by atoms with van der Waals surface area (Å²) < 4.78 is 12.8. The van der Waals surface area contributed by atoms with Crippen molar-refractivity contribution < 1.29 is 18.8 Å². The smallest absolute Gasteiger partial charge is 0.317 e. The molecule has 0 aliphatic rings. The number of rotatable bonds is 21. The molecule has 0 saturated carbocycles. The van der Waals surface area contributed by atoms with Gasteiger partial charge in [0.2, 0.25) is 6.29 Å². The normalized spacial score (nSPS) is 13.2. The lowest BCUT2D eigenvalue weighted by atomic mass is 10.0. The highest BCUT2D eigenvalue weighted by atomic mass is 16.7. The van der Waals surface area contributed by atoms with E-state index in [1.165, 1.54) is 68.9 Å². The molecular weight excluding hydrogens is 482 g/mol. The van der Waals surface area contributed by atoms with Gasteiger partial charge in [0.25, 0.3) is 0 Å². The third-order valence-electron chi connectivity index (χ3n) is 7.53. The van der Waals surface area contributed by atoms with Crippen LogP contribution in [0.2, 0.25) is 0 Å². The Labute approximate surface area is 239 Å². The first kappa shape index (κ1) is 32.9. The van der Waals surface area contributed by atoms with Crippen molar-refractivity contribution in [1.29, 1.82) is 0 Å². The van der Waals surface area contributed by atoms with Crippen LogP contribution in [0.25, 0.3) is 0 Å². The van der Waals surface area contributed by atoms with Crippen LogP contribution in [0.5, 0.6) is 5.75 Å². The van der Waals surface area contributed by atoms with E-state index in [4.69, 9.17) is 9.47 Å². The summed E-state index contributed by atoms with van der Waals surface area (Å²) in [5, 5.41) is 0. The van der Waals surface area contributed by atoms with Crippen molar-refractivity contribution in [2.45, 2.75) is 117 Å². The highest BCUT2D eigenvalue weighted by Crippen LogP contribution is 2.21. The number of hydrogen-bond acceptors (Lipinski definition) is 3. The fourth-order valence-corrected chi connectivity index (χ4v) is 5.24. The van der Waals surface area contributed by atoms with E-state index >= 15 is 0 Å². The molecule has 218 valence electrons. The monoisotopic (exact) mass is 538 g/mol. The van der Waals surface area contributed by atoms with Gasteiger partial charge in [0.15, 0.2) is 0 Å². The van der Waals surface area contributed by atoms with Gasteiger partial charge in [-0.2, -0.15) is 0 Å². The van der Waals surface area contributed by atoms with Gasteiger partial charge in [-0.15, -0.1) is 0 Å². The Bertz CT molecular complexity index is 894. The summed E-state index contributed by atoms with van der Waals surface area (Å²) in [5.74, 6) is 0.452. The number of benzene rings is 2. The quantitative estimate of drug-likeness (QED) is 0.0688. The highest BCUT2D eigenvalue weighted by Gasteiger charge is 2.30. The number of hydrogen-bond donors (Lipinski definition) is 0. The lowest BCUT2D eigenvalue weighted by Gasteiger charge is -2.33. The van der Waals surface area contributed by atoms with Crippen LogP contribution in [0.3, 0.4) is 0 Å². The molecule has 0 bridgehead atoms. The molecule has 0 aliphatic carbocycles. The van der Waals surface area contributed by atoms with Gasteiger partial charge >= 0.3 is 5.97 Å². The molecule has 2 unspecified atom stereocenters. The average Bonchev–Trinajstić information content (AvgIpc) is 2.92. The van der Waals surface area contributed by atoms with Gasteiger partial charge in [0, 0.05) is 12.0 Å². The fourth-order valence-electron chi connectivity index (χ4n) is 5.24. The Morgan fingerprint density at radius 2 is 1.36 bits per heavy atom. The van der Waals surface area contributed by atoms with E-state index in [0.29, 0.717) is 6.42 Å². The van der Waals surface area contributed by atoms with Crippen molar-refractivity contribution in [2.24, 2.45) is 5.92 Å². The summed E-state index contributed by atoms with van der Waals surface area (Å²) in [7, 11) is 4.36. The summed E-state index contributed by atoms with van der Waals surface area (Å²) in [4.78, 5) is 13.2. The van der Waals surface area contributed by atoms with Gasteiger partial charge in [0.1, 0.15) is 18.2 Å². The SMILES string of the molecule is CCCCCCCCCCCc1ccc(OC(CCC)OC(=O)C(CC)C[N+](C)(C)Cc2ccccc2)cc1. The number of quaternary nitrogens is 1. The number of ether oxygens (including phenoxy) is 2. The summed E-state index contributed by atoms with van der Waals surface area (Å²) in [6.45, 7) is 8.04. The molecule has 0 saturated heterocycles. The molecule has 0 amide bonds. The first-order chi connectivity index (χ1) is 18.9. The van der Waals surface area contributed by atoms with Crippen molar-refractivity contribution >= 4 is 5.97 Å². The molecule has 0 N–H and O–H groups in total. The van der Waals surface area contributed by atoms with Crippen LogP contribution in [0.4, 0.5) is 0 Å². The minimum atomic E-state index is -0.551. The molecule has 0 radical (unpaired) electrons. The highest BCUT2D eigenvalue weighted by molar-refractivity contribution is 5.72. The second kappa shape index (κ2) is 18.9. The zero-order valence-corrected chi connectivity index (χ0v) is 25.6. The second-order valence-electron chi connectivity index (χ2n) is 11.9. The standard InChI is InChI=1S/C35H56NO3/c1-6-9-10-11-12-13-14-15-17-21-30-24-26-33(27-25-30)38-34(20-7-2)39-35(37)32(8-3)29-36(4,5)28-31-22-18-16-19-23-31/h16,18-19,22-27,32,34H,6-15,17,20-21,28-29H2,1-5H3/q+1. The number of nitrogens with zero attached hydrogens (tertiary/aromatic N) is 1. The number of unbranched alkanes of at least 4 members (excludes halogenated alkanes) is 8. The first-order valence-corrected chi connectivity index (χ1v) is 15.7. The van der Waals surface area contributed by atoms with Crippen molar-refractivity contribution in [2.75, 3.05) is 20.6 Å². The average molecular weight is 539 g/mol. The van der Waals surface area contributed by atoms with E-state index < -0.39 is 6.29 Å². The zero-order chi connectivity index (χ0) is 28.3. The van der Waals surface area contributed by atoms with E-state index in [2.05, 4.69) is 71.3 Å². The lowest BCUT2D eigenvalue weighted by Crippen LogP contribution is -2.45. The molecule has 2 atom stereocenters. The van der Waals surface area contributed by atoms with E-state index in [0.717, 1.165) is 42.6 Å². The van der Waals surface area contributed by atoms with Crippen LogP contribution >= 0.6 is 0 Å². The number of carbonyl (C=O) groups is 1. The van der Waals surface area contributed by atoms with E-state index in [9.17, 15) is 4.79 Å². The maximum atomic E-state index is 13.2. The largest absolute Gasteiger partial charge is 0.455 e. The zero-order valence-electron chi connectivity index (χ0n) is 25.6. The molecule has 2 aromatic carbocycles. The number of esters is 1. The van der Waals surface area contributed by atoms with Crippen molar-refractivity contribution in [3.63, 3.8) is 0 Å². The van der Waals surface area contributed by atoms with Crippen LogP contribution in [-0.4, -0.2) is 37.4 Å². The second-order valence-corrected chi connectivity index (χ2v) is 11.9. The number of carbonyl (C=O) groups excluding carboxylic acids is 1. The minimum Gasteiger partial charge on any atom is -0.455 e. The topological polar surface area (TPSA) is 35.5 Å². The van der Waals surface area contributed by atoms with Gasteiger partial charge in [-0.25, -0.2) is 0 Å². The van der Waals surface area contributed by atoms with Crippen LogP contribution in [0.1, 0.15) is 109 Å². The molecule has 0 spiro atoms. The van der Waals surface area contributed by atoms with Crippen molar-refractivity contribution in [3.05, 3.63) is 65.7 Å². The van der Waals surface area contributed by atoms with Gasteiger partial charge in [-0.05, 0) is 43.4 Å². The number of aryl methyl sites for hydroxylation is 1. The molecule has 39 heavy (non-hydrogen) atoms. The molecule has 0 heterocycles. The summed E-state index contributed by atoms with van der Waals surface area (Å²) in [5.41, 5.74) is 2.62. The van der Waals surface area contributed by atoms with Crippen LogP contribution in [-0.2, 0) is 22.5 Å². The van der Waals surface area contributed by atoms with E-state index in [1.807, 2.05) is 18.2 Å². The summed E-state index contributed by atoms with van der Waals surface area (Å²) >= 11 is 0. The summed E-state index contributed by atoms with van der Waals surface area (Å²) in [6, 6.07) is 18.8. The van der Waals surface area contributed by atoms with Crippen molar-refractivity contribution in [3.8, 4) is 5.75 Å². The fraction of sp³-hybridized carbons (Fsp3) is 0.629. The lowest BCUT2D eigenvalue weighted by molar-refractivity contribution is -0.906. The molecule has 2 rings (SSSR count). The van der Waals surface area contributed by atoms with Gasteiger partial charge in [0.05, 0.1) is 20.6 Å². The van der Waals surface area contributed by atoms with E-state index in [-0.39, 0.29) is 11.9 Å². The van der Waals surface area contributed by atoms with Gasteiger partial charge in [-0.3, -0.25) is 4.79 Å². The predicted molar refractivity (Wildman–Crippen MR) is 164 cm³/mol. The molecule has 0 fully saturated rings.